The van der Waals surface area contributed by atoms with Gasteiger partial charge in [-0.05, 0) is 58.6 Å². The number of hydrogen-bond acceptors (Lipinski definition) is 8. The molecule has 1 saturated carbocycles. The van der Waals surface area contributed by atoms with E-state index in [-0.39, 0.29) is 5.04 Å². The zero-order chi connectivity index (χ0) is 20.4. The lowest BCUT2D eigenvalue weighted by molar-refractivity contribution is 0.152. The minimum absolute atomic E-state index is 0.193. The maximum Gasteiger partial charge on any atom is 0.408 e. The maximum atomic E-state index is 11.9. The van der Waals surface area contributed by atoms with E-state index >= 15 is 0 Å². The minimum Gasteiger partial charge on any atom is -0.462 e. The van der Waals surface area contributed by atoms with Gasteiger partial charge in [0, 0.05) is 19.3 Å². The molecule has 10 heteroatoms. The first-order valence-electron chi connectivity index (χ1n) is 9.37. The Labute approximate surface area is 180 Å². The largest absolute Gasteiger partial charge is 0.462 e. The molecule has 0 saturated heterocycles. The lowest BCUT2D eigenvalue weighted by Gasteiger charge is -2.30. The van der Waals surface area contributed by atoms with Crippen LogP contribution in [0.5, 0.6) is 5.75 Å². The zero-order valence-corrected chi connectivity index (χ0v) is 19.5. The molecule has 28 heavy (non-hydrogen) atoms. The average molecular weight is 462 g/mol. The number of hydrogen-bond donors (Lipinski definition) is 3. The number of benzene rings is 1. The Balaban J connectivity index is 2.06. The molecule has 0 aliphatic heterocycles. The lowest BCUT2D eigenvalue weighted by Crippen LogP contribution is -2.32. The SMILES string of the molecule is CCP(=S)(Oc1ccccc1)C(OC(=O)NC)C(=N)SSNC1CCCCC1. The number of carbonyl (C=O) groups excluding carboxylic acids is 1. The first kappa shape index (κ1) is 23.5. The van der Waals surface area contributed by atoms with Crippen molar-refractivity contribution in [2.75, 3.05) is 13.2 Å². The van der Waals surface area contributed by atoms with Gasteiger partial charge in [-0.1, -0.05) is 44.4 Å². The minimum atomic E-state index is -2.66. The van der Waals surface area contributed by atoms with Crippen LogP contribution in [0, 0.1) is 5.41 Å². The van der Waals surface area contributed by atoms with E-state index in [1.807, 2.05) is 37.3 Å². The summed E-state index contributed by atoms with van der Waals surface area (Å²) < 4.78 is 15.0. The smallest absolute Gasteiger partial charge is 0.408 e. The molecule has 1 fully saturated rings. The summed E-state index contributed by atoms with van der Waals surface area (Å²) in [7, 11) is 4.15. The van der Waals surface area contributed by atoms with Gasteiger partial charge in [0.05, 0.1) is 0 Å². The molecule has 1 aromatic carbocycles. The summed E-state index contributed by atoms with van der Waals surface area (Å²) in [6.07, 6.45) is 3.32. The van der Waals surface area contributed by atoms with E-state index in [2.05, 4.69) is 10.0 Å². The molecule has 2 atom stereocenters. The summed E-state index contributed by atoms with van der Waals surface area (Å²) in [5.74, 6) is -0.262. The van der Waals surface area contributed by atoms with Crippen LogP contribution in [0.3, 0.4) is 0 Å². The quantitative estimate of drug-likeness (QED) is 0.150. The fraction of sp³-hybridized carbons (Fsp3) is 0.556. The fourth-order valence-corrected chi connectivity index (χ4v) is 7.97. The molecule has 1 amide bonds. The number of ether oxygens (including phenoxy) is 1. The molecule has 0 spiro atoms. The van der Waals surface area contributed by atoms with Gasteiger partial charge in [-0.2, -0.15) is 0 Å². The van der Waals surface area contributed by atoms with Crippen LogP contribution in [-0.4, -0.2) is 36.2 Å². The standard InChI is InChI=1S/C18H28N3O3PS3/c1-3-25(26,24-15-12-8-5-9-13-15)17(23-18(22)20-2)16(19)27-28-21-14-10-6-4-7-11-14/h5,8-9,12-14,17,19,21H,3-4,6-7,10-11H2,1-2H3,(H,20,22). The van der Waals surface area contributed by atoms with Crippen LogP contribution in [0.25, 0.3) is 0 Å². The predicted molar refractivity (Wildman–Crippen MR) is 124 cm³/mol. The van der Waals surface area contributed by atoms with Gasteiger partial charge in [0.1, 0.15) is 10.8 Å². The number of nitrogens with one attached hydrogen (secondary N) is 3. The summed E-state index contributed by atoms with van der Waals surface area (Å²) in [6.45, 7) is 1.91. The van der Waals surface area contributed by atoms with Crippen LogP contribution < -0.4 is 14.6 Å². The van der Waals surface area contributed by atoms with Crippen LogP contribution in [0.4, 0.5) is 4.79 Å². The van der Waals surface area contributed by atoms with Crippen molar-refractivity contribution in [3.8, 4) is 5.75 Å². The Morgan fingerprint density at radius 1 is 1.32 bits per heavy atom. The van der Waals surface area contributed by atoms with Gasteiger partial charge in [0.25, 0.3) is 0 Å². The molecule has 0 radical (unpaired) electrons. The van der Waals surface area contributed by atoms with Crippen molar-refractivity contribution >= 4 is 51.0 Å². The highest BCUT2D eigenvalue weighted by Crippen LogP contribution is 2.54. The van der Waals surface area contributed by atoms with Crippen LogP contribution >= 0.6 is 28.0 Å². The van der Waals surface area contributed by atoms with E-state index in [9.17, 15) is 4.79 Å². The van der Waals surface area contributed by atoms with E-state index in [0.717, 1.165) is 12.8 Å². The van der Waals surface area contributed by atoms with Gasteiger partial charge in [0.15, 0.2) is 6.26 Å². The summed E-state index contributed by atoms with van der Waals surface area (Å²) in [5, 5.41) is 11.2. The summed E-state index contributed by atoms with van der Waals surface area (Å²) >= 11 is 5.82. The van der Waals surface area contributed by atoms with Gasteiger partial charge in [0.2, 0.25) is 5.85 Å². The van der Waals surface area contributed by atoms with Gasteiger partial charge >= 0.3 is 6.09 Å². The van der Waals surface area contributed by atoms with E-state index < -0.39 is 18.2 Å². The summed E-state index contributed by atoms with van der Waals surface area (Å²) in [4.78, 5) is 11.9. The fourth-order valence-electron chi connectivity index (χ4n) is 2.81. The van der Waals surface area contributed by atoms with Gasteiger partial charge < -0.3 is 14.6 Å². The zero-order valence-electron chi connectivity index (χ0n) is 16.2. The number of alkyl carbamates (subject to hydrolysis) is 1. The van der Waals surface area contributed by atoms with Gasteiger partial charge in [-0.3, -0.25) is 10.1 Å². The van der Waals surface area contributed by atoms with Crippen molar-refractivity contribution in [1.29, 1.82) is 5.41 Å². The topological polar surface area (TPSA) is 83.4 Å². The van der Waals surface area contributed by atoms with Crippen LogP contribution in [0.1, 0.15) is 39.0 Å². The molecule has 6 nitrogen and oxygen atoms in total. The number of rotatable bonds is 9. The predicted octanol–water partition coefficient (Wildman–Crippen LogP) is 5.36. The molecule has 1 aromatic rings. The second-order valence-electron chi connectivity index (χ2n) is 6.44. The third-order valence-corrected chi connectivity index (χ3v) is 10.6. The van der Waals surface area contributed by atoms with E-state index in [1.54, 1.807) is 0 Å². The lowest BCUT2D eigenvalue weighted by atomic mass is 9.96. The van der Waals surface area contributed by atoms with Crippen molar-refractivity contribution in [2.45, 2.75) is 50.9 Å². The number of amides is 1. The normalized spacial score (nSPS) is 17.9. The van der Waals surface area contributed by atoms with Gasteiger partial charge in [-0.15, -0.1) is 0 Å². The first-order chi connectivity index (χ1) is 13.5. The number of carbonyl (C=O) groups is 1. The second kappa shape index (κ2) is 12.1. The molecule has 1 aliphatic rings. The Hall–Kier alpha value is -0.730. The Morgan fingerprint density at radius 2 is 2.00 bits per heavy atom. The molecular weight excluding hydrogens is 433 g/mol. The molecule has 3 N–H and O–H groups in total. The highest BCUT2D eigenvalue weighted by atomic mass is 33.1. The average Bonchev–Trinajstić information content (AvgIpc) is 2.73. The van der Waals surface area contributed by atoms with E-state index in [0.29, 0.717) is 18.0 Å². The Kier molecular flexibility index (Phi) is 10.2. The molecule has 0 aromatic heterocycles. The van der Waals surface area contributed by atoms with Gasteiger partial charge in [-0.25, -0.2) is 4.79 Å². The summed E-state index contributed by atoms with van der Waals surface area (Å²) in [5.41, 5.74) is 0. The van der Waals surface area contributed by atoms with Crippen molar-refractivity contribution in [2.24, 2.45) is 0 Å². The van der Waals surface area contributed by atoms with Crippen molar-refractivity contribution in [3.05, 3.63) is 30.3 Å². The summed E-state index contributed by atoms with van der Waals surface area (Å²) in [6, 6.07) is 9.74. The van der Waals surface area contributed by atoms with Crippen LogP contribution in [-0.2, 0) is 16.5 Å². The number of para-hydroxylation sites is 1. The van der Waals surface area contributed by atoms with Crippen LogP contribution in [0.2, 0.25) is 0 Å². The highest BCUT2D eigenvalue weighted by Gasteiger charge is 2.37. The molecule has 2 rings (SSSR count). The Morgan fingerprint density at radius 3 is 2.61 bits per heavy atom. The molecule has 0 heterocycles. The van der Waals surface area contributed by atoms with Crippen molar-refractivity contribution < 1.29 is 14.1 Å². The third kappa shape index (κ3) is 7.26. The molecule has 1 aliphatic carbocycles. The molecular formula is C18H28N3O3PS3. The van der Waals surface area contributed by atoms with Crippen LogP contribution in [0.15, 0.2) is 30.3 Å². The van der Waals surface area contributed by atoms with Crippen molar-refractivity contribution in [3.63, 3.8) is 0 Å². The third-order valence-electron chi connectivity index (χ3n) is 4.40. The molecule has 156 valence electrons. The monoisotopic (exact) mass is 461 g/mol. The van der Waals surface area contributed by atoms with E-state index in [4.69, 9.17) is 26.5 Å². The highest BCUT2D eigenvalue weighted by molar-refractivity contribution is 8.81. The molecule has 0 bridgehead atoms. The van der Waals surface area contributed by atoms with Crippen molar-refractivity contribution in [1.82, 2.24) is 10.0 Å². The first-order valence-corrected chi connectivity index (χ1v) is 14.5. The maximum absolute atomic E-state index is 11.9. The Bertz CT molecular complexity index is 687. The molecule has 2 unspecified atom stereocenters. The van der Waals surface area contributed by atoms with E-state index in [1.165, 1.54) is 48.1 Å². The second-order valence-corrected chi connectivity index (χ2v) is 13.0.